The second kappa shape index (κ2) is 7.70. The lowest BCUT2D eigenvalue weighted by Crippen LogP contribution is -2.46. The number of hydrogen-bond acceptors (Lipinski definition) is 5. The fourth-order valence-electron chi connectivity index (χ4n) is 2.68. The quantitative estimate of drug-likeness (QED) is 0.515. The molecule has 25 heavy (non-hydrogen) atoms. The average Bonchev–Trinajstić information content (AvgIpc) is 3.02. The molecule has 0 saturated carbocycles. The van der Waals surface area contributed by atoms with Crippen LogP contribution in [0.3, 0.4) is 0 Å². The molecule has 1 aromatic carbocycles. The molecular formula is C19H25NO5. The molecule has 136 valence electrons. The molecule has 1 aromatic rings. The highest BCUT2D eigenvalue weighted by Crippen LogP contribution is 2.26. The van der Waals surface area contributed by atoms with Crippen molar-refractivity contribution in [3.8, 4) is 5.75 Å². The molecule has 1 fully saturated rings. The van der Waals surface area contributed by atoms with Crippen molar-refractivity contribution in [2.45, 2.75) is 51.4 Å². The lowest BCUT2D eigenvalue weighted by Gasteiger charge is -2.31. The summed E-state index contributed by atoms with van der Waals surface area (Å²) < 4.78 is 10.6. The van der Waals surface area contributed by atoms with Gasteiger partial charge in [-0.1, -0.05) is 24.8 Å². The van der Waals surface area contributed by atoms with Crippen LogP contribution in [-0.2, 0) is 9.53 Å². The van der Waals surface area contributed by atoms with E-state index in [-0.39, 0.29) is 5.57 Å². The molecule has 1 saturated heterocycles. The largest absolute Gasteiger partial charge is 0.444 e. The van der Waals surface area contributed by atoms with Crippen molar-refractivity contribution in [1.29, 1.82) is 0 Å². The number of esters is 1. The highest BCUT2D eigenvalue weighted by molar-refractivity contribution is 5.90. The predicted molar refractivity (Wildman–Crippen MR) is 93.2 cm³/mol. The van der Waals surface area contributed by atoms with Gasteiger partial charge in [-0.05, 0) is 45.7 Å². The molecule has 0 unspecified atom stereocenters. The molecule has 0 aromatic heterocycles. The van der Waals surface area contributed by atoms with Crippen LogP contribution in [0.1, 0.15) is 33.6 Å². The lowest BCUT2D eigenvalue weighted by molar-refractivity contribution is -0.131. The van der Waals surface area contributed by atoms with E-state index in [9.17, 15) is 14.7 Å². The summed E-state index contributed by atoms with van der Waals surface area (Å²) in [7, 11) is 0. The van der Waals surface area contributed by atoms with Gasteiger partial charge < -0.3 is 19.5 Å². The topological polar surface area (TPSA) is 76.1 Å². The van der Waals surface area contributed by atoms with Crippen LogP contribution in [-0.4, -0.2) is 46.4 Å². The zero-order valence-electron chi connectivity index (χ0n) is 14.9. The van der Waals surface area contributed by atoms with Crippen LogP contribution in [0.4, 0.5) is 4.79 Å². The van der Waals surface area contributed by atoms with Gasteiger partial charge in [-0.3, -0.25) is 0 Å². The van der Waals surface area contributed by atoms with Crippen molar-refractivity contribution in [3.63, 3.8) is 0 Å². The molecule has 0 aliphatic carbocycles. The van der Waals surface area contributed by atoms with Crippen molar-refractivity contribution in [2.75, 3.05) is 6.54 Å². The fourth-order valence-corrected chi connectivity index (χ4v) is 2.68. The lowest BCUT2D eigenvalue weighted by atomic mass is 10.0. The summed E-state index contributed by atoms with van der Waals surface area (Å²) in [5.74, 6) is -0.342. The van der Waals surface area contributed by atoms with Crippen molar-refractivity contribution in [1.82, 2.24) is 4.90 Å². The van der Waals surface area contributed by atoms with Gasteiger partial charge in [0.05, 0.1) is 11.6 Å². The highest BCUT2D eigenvalue weighted by atomic mass is 16.6. The van der Waals surface area contributed by atoms with E-state index in [4.69, 9.17) is 9.47 Å². The Balaban J connectivity index is 2.02. The predicted octanol–water partition coefficient (Wildman–Crippen LogP) is 2.91. The number of nitrogens with zero attached hydrogens (tertiary/aromatic N) is 1. The number of hydrogen-bond donors (Lipinski definition) is 1. The average molecular weight is 347 g/mol. The minimum atomic E-state index is -1.20. The maximum atomic E-state index is 12.3. The molecule has 2 atom stereocenters. The molecule has 0 spiro atoms. The summed E-state index contributed by atoms with van der Waals surface area (Å²) in [6.45, 7) is 9.47. The molecule has 1 heterocycles. The summed E-state index contributed by atoms with van der Waals surface area (Å²) in [6, 6.07) is 8.01. The number of ether oxygens (including phenoxy) is 2. The minimum Gasteiger partial charge on any atom is -0.444 e. The van der Waals surface area contributed by atoms with Crippen LogP contribution in [0.15, 0.2) is 42.5 Å². The molecular weight excluding hydrogens is 322 g/mol. The number of para-hydroxylation sites is 1. The van der Waals surface area contributed by atoms with Gasteiger partial charge in [0.1, 0.15) is 17.5 Å². The maximum Gasteiger partial charge on any atom is 0.410 e. The van der Waals surface area contributed by atoms with Crippen LogP contribution < -0.4 is 4.74 Å². The smallest absolute Gasteiger partial charge is 0.410 e. The molecule has 2 rings (SSSR count). The fraction of sp³-hybridized carbons (Fsp3) is 0.474. The van der Waals surface area contributed by atoms with Crippen LogP contribution in [0.25, 0.3) is 0 Å². The summed E-state index contributed by atoms with van der Waals surface area (Å²) in [5.41, 5.74) is -0.706. The molecule has 6 heteroatoms. The van der Waals surface area contributed by atoms with E-state index in [1.165, 1.54) is 4.90 Å². The summed E-state index contributed by atoms with van der Waals surface area (Å²) in [4.78, 5) is 26.0. The van der Waals surface area contributed by atoms with E-state index in [0.29, 0.717) is 18.7 Å². The molecule has 1 N–H and O–H groups in total. The van der Waals surface area contributed by atoms with Gasteiger partial charge in [0.2, 0.25) is 0 Å². The first kappa shape index (κ1) is 19.0. The molecule has 0 radical (unpaired) electrons. The number of aliphatic hydroxyl groups excluding tert-OH is 1. The minimum absolute atomic E-state index is 0.0793. The number of carbonyl (C=O) groups excluding carboxylic acids is 2. The first-order valence-corrected chi connectivity index (χ1v) is 8.33. The van der Waals surface area contributed by atoms with Crippen LogP contribution in [0, 0.1) is 0 Å². The molecule has 1 aliphatic heterocycles. The summed E-state index contributed by atoms with van der Waals surface area (Å²) in [6.07, 6.45) is -0.412. The van der Waals surface area contributed by atoms with Crippen molar-refractivity contribution >= 4 is 12.1 Å². The third kappa shape index (κ3) is 5.06. The normalized spacial score (nSPS) is 18.6. The Morgan fingerprint density at radius 2 is 1.92 bits per heavy atom. The Morgan fingerprint density at radius 3 is 2.52 bits per heavy atom. The van der Waals surface area contributed by atoms with E-state index in [2.05, 4.69) is 6.58 Å². The number of benzene rings is 1. The van der Waals surface area contributed by atoms with E-state index >= 15 is 0 Å². The van der Waals surface area contributed by atoms with Gasteiger partial charge in [0.25, 0.3) is 0 Å². The molecule has 6 nitrogen and oxygen atoms in total. The summed E-state index contributed by atoms with van der Waals surface area (Å²) in [5, 5.41) is 10.5. The van der Waals surface area contributed by atoms with E-state index in [1.807, 2.05) is 0 Å². The van der Waals surface area contributed by atoms with E-state index in [0.717, 1.165) is 6.42 Å². The van der Waals surface area contributed by atoms with Crippen LogP contribution in [0.5, 0.6) is 5.75 Å². The standard InChI is InChI=1S/C19H25NO5/c1-13(17(22)24-14-9-6-5-7-10-14)16(21)15-11-8-12-20(15)18(23)25-19(2,3)4/h5-7,9-10,15-16,21H,1,8,11-12H2,2-4H3/t15-,16-/m0/s1. The first-order chi connectivity index (χ1) is 11.7. The van der Waals surface area contributed by atoms with Crippen molar-refractivity contribution in [3.05, 3.63) is 42.5 Å². The van der Waals surface area contributed by atoms with Gasteiger partial charge in [0.15, 0.2) is 0 Å². The second-order valence-electron chi connectivity index (χ2n) is 7.06. The monoisotopic (exact) mass is 347 g/mol. The van der Waals surface area contributed by atoms with Gasteiger partial charge >= 0.3 is 12.1 Å². The Kier molecular flexibility index (Phi) is 5.85. The van der Waals surface area contributed by atoms with E-state index < -0.39 is 29.8 Å². The Labute approximate surface area is 148 Å². The van der Waals surface area contributed by atoms with Gasteiger partial charge in [-0.15, -0.1) is 0 Å². The van der Waals surface area contributed by atoms with Gasteiger partial charge in [-0.25, -0.2) is 9.59 Å². The van der Waals surface area contributed by atoms with E-state index in [1.54, 1.807) is 51.1 Å². The zero-order valence-corrected chi connectivity index (χ0v) is 14.9. The van der Waals surface area contributed by atoms with Gasteiger partial charge in [0, 0.05) is 6.54 Å². The zero-order chi connectivity index (χ0) is 18.6. The maximum absolute atomic E-state index is 12.3. The molecule has 0 bridgehead atoms. The number of amides is 1. The van der Waals surface area contributed by atoms with Gasteiger partial charge in [-0.2, -0.15) is 0 Å². The van der Waals surface area contributed by atoms with Crippen LogP contribution >= 0.6 is 0 Å². The molecule has 1 amide bonds. The highest BCUT2D eigenvalue weighted by Gasteiger charge is 2.39. The Hall–Kier alpha value is -2.34. The van der Waals surface area contributed by atoms with Crippen LogP contribution in [0.2, 0.25) is 0 Å². The SMILES string of the molecule is C=C(C(=O)Oc1ccccc1)[C@H](O)[C@@H]1CCCN1C(=O)OC(C)(C)C. The second-order valence-corrected chi connectivity index (χ2v) is 7.06. The third-order valence-corrected chi connectivity index (χ3v) is 3.86. The Morgan fingerprint density at radius 1 is 1.28 bits per heavy atom. The van der Waals surface area contributed by atoms with Crippen molar-refractivity contribution < 1.29 is 24.2 Å². The first-order valence-electron chi connectivity index (χ1n) is 8.33. The number of aliphatic hydroxyl groups is 1. The molecule has 1 aliphatic rings. The number of carbonyl (C=O) groups is 2. The third-order valence-electron chi connectivity index (χ3n) is 3.86. The Bertz CT molecular complexity index is 635. The number of rotatable bonds is 4. The number of likely N-dealkylation sites (tertiary alicyclic amines) is 1. The summed E-state index contributed by atoms with van der Waals surface area (Å²) >= 11 is 0. The van der Waals surface area contributed by atoms with Crippen molar-refractivity contribution in [2.24, 2.45) is 0 Å².